The smallest absolute Gasteiger partial charge is 0.251 e. The van der Waals surface area contributed by atoms with Gasteiger partial charge in [0.1, 0.15) is 6.10 Å². The highest BCUT2D eigenvalue weighted by molar-refractivity contribution is 6.31. The molecule has 1 aliphatic heterocycles. The van der Waals surface area contributed by atoms with Crippen molar-refractivity contribution in [1.82, 2.24) is 10.6 Å². The highest BCUT2D eigenvalue weighted by Gasteiger charge is 2.33. The van der Waals surface area contributed by atoms with Gasteiger partial charge in [-0.3, -0.25) is 4.79 Å². The molecule has 8 heteroatoms. The molecule has 23 heavy (non-hydrogen) atoms. The van der Waals surface area contributed by atoms with Crippen LogP contribution in [-0.2, 0) is 15.1 Å². The van der Waals surface area contributed by atoms with E-state index in [9.17, 15) is 13.6 Å². The predicted molar refractivity (Wildman–Crippen MR) is 81.2 cm³/mol. The Balaban J connectivity index is 2.09. The minimum absolute atomic E-state index is 0.0791. The lowest BCUT2D eigenvalue weighted by atomic mass is 9.93. The molecular weight excluding hydrogens is 330 g/mol. The summed E-state index contributed by atoms with van der Waals surface area (Å²) in [7, 11) is 0. The number of morpholine rings is 1. The lowest BCUT2D eigenvalue weighted by Crippen LogP contribution is -2.56. The van der Waals surface area contributed by atoms with Crippen LogP contribution in [0.3, 0.4) is 0 Å². The molecule has 1 aromatic carbocycles. The van der Waals surface area contributed by atoms with Crippen LogP contribution in [0, 0.1) is 11.6 Å². The third-order valence-corrected chi connectivity index (χ3v) is 4.12. The van der Waals surface area contributed by atoms with Crippen molar-refractivity contribution < 1.29 is 23.4 Å². The first kappa shape index (κ1) is 18.1. The van der Waals surface area contributed by atoms with Gasteiger partial charge in [-0.15, -0.1) is 0 Å². The van der Waals surface area contributed by atoms with E-state index >= 15 is 0 Å². The number of aliphatic hydroxyl groups is 1. The van der Waals surface area contributed by atoms with Crippen LogP contribution >= 0.6 is 11.6 Å². The van der Waals surface area contributed by atoms with Gasteiger partial charge in [-0.05, 0) is 25.5 Å². The van der Waals surface area contributed by atoms with Crippen molar-refractivity contribution in [3.63, 3.8) is 0 Å². The molecule has 0 bridgehead atoms. The van der Waals surface area contributed by atoms with Crippen LogP contribution in [0.5, 0.6) is 0 Å². The summed E-state index contributed by atoms with van der Waals surface area (Å²) < 4.78 is 32.2. The second-order valence-corrected chi connectivity index (χ2v) is 6.32. The maximum Gasteiger partial charge on any atom is 0.251 e. The fourth-order valence-corrected chi connectivity index (χ4v) is 2.76. The van der Waals surface area contributed by atoms with Gasteiger partial charge in [-0.25, -0.2) is 8.78 Å². The Morgan fingerprint density at radius 2 is 2.22 bits per heavy atom. The number of nitrogens with one attached hydrogen (secondary N) is 2. The highest BCUT2D eigenvalue weighted by atomic mass is 35.5. The molecule has 3 N–H and O–H groups in total. The SMILES string of the molecule is CC(C)(NC(=O)[C@@H]1CN[C@H](CO)CO1)c1ccc(F)c(F)c1Cl. The molecule has 1 saturated heterocycles. The molecule has 128 valence electrons. The van der Waals surface area contributed by atoms with Crippen LogP contribution in [0.25, 0.3) is 0 Å². The van der Waals surface area contributed by atoms with Crippen molar-refractivity contribution in [2.24, 2.45) is 0 Å². The quantitative estimate of drug-likeness (QED) is 0.718. The second-order valence-electron chi connectivity index (χ2n) is 5.95. The second kappa shape index (κ2) is 7.09. The molecule has 1 amide bonds. The molecule has 0 unspecified atom stereocenters. The highest BCUT2D eigenvalue weighted by Crippen LogP contribution is 2.31. The molecule has 0 spiro atoms. The van der Waals surface area contributed by atoms with Crippen LogP contribution in [0.2, 0.25) is 5.02 Å². The van der Waals surface area contributed by atoms with Gasteiger partial charge >= 0.3 is 0 Å². The molecular formula is C15H19ClF2N2O3. The molecule has 0 aliphatic carbocycles. The average Bonchev–Trinajstić information content (AvgIpc) is 2.52. The lowest BCUT2D eigenvalue weighted by Gasteiger charge is -2.33. The zero-order valence-corrected chi connectivity index (χ0v) is 13.6. The number of halogens is 3. The summed E-state index contributed by atoms with van der Waals surface area (Å²) in [6, 6.07) is 2.10. The minimum Gasteiger partial charge on any atom is -0.395 e. The van der Waals surface area contributed by atoms with Crippen molar-refractivity contribution in [3.8, 4) is 0 Å². The largest absolute Gasteiger partial charge is 0.395 e. The Bertz CT molecular complexity index is 590. The molecule has 0 aromatic heterocycles. The fraction of sp³-hybridized carbons (Fsp3) is 0.533. The van der Waals surface area contributed by atoms with E-state index in [0.29, 0.717) is 0 Å². The zero-order chi connectivity index (χ0) is 17.2. The summed E-state index contributed by atoms with van der Waals surface area (Å²) in [6.45, 7) is 3.65. The summed E-state index contributed by atoms with van der Waals surface area (Å²) in [5, 5.41) is 14.3. The first-order valence-corrected chi connectivity index (χ1v) is 7.56. The van der Waals surface area contributed by atoms with Gasteiger partial charge in [0.25, 0.3) is 5.91 Å². The molecule has 1 heterocycles. The van der Waals surface area contributed by atoms with E-state index < -0.39 is 29.2 Å². The van der Waals surface area contributed by atoms with E-state index in [4.69, 9.17) is 21.4 Å². The van der Waals surface area contributed by atoms with Crippen LogP contribution < -0.4 is 10.6 Å². The van der Waals surface area contributed by atoms with E-state index in [0.717, 1.165) is 6.07 Å². The Morgan fingerprint density at radius 3 is 2.78 bits per heavy atom. The monoisotopic (exact) mass is 348 g/mol. The molecule has 2 rings (SSSR count). The Morgan fingerprint density at radius 1 is 1.52 bits per heavy atom. The van der Waals surface area contributed by atoms with Gasteiger partial charge in [-0.2, -0.15) is 0 Å². The average molecular weight is 349 g/mol. The standard InChI is InChI=1S/C15H19ClF2N2O3/c1-15(2,9-3-4-10(17)13(18)12(9)16)20-14(22)11-5-19-8(6-21)7-23-11/h3-4,8,11,19,21H,5-7H2,1-2H3,(H,20,22)/t8-,11+/m1/s1. The Hall–Kier alpha value is -1.28. The van der Waals surface area contributed by atoms with Gasteiger partial charge in [0.05, 0.1) is 29.8 Å². The Labute approximate surface area is 138 Å². The summed E-state index contributed by atoms with van der Waals surface area (Å²) in [4.78, 5) is 12.3. The van der Waals surface area contributed by atoms with E-state index in [1.165, 1.54) is 6.07 Å². The van der Waals surface area contributed by atoms with Gasteiger partial charge in [0.15, 0.2) is 11.6 Å². The number of aliphatic hydroxyl groups excluding tert-OH is 1. The van der Waals surface area contributed by atoms with E-state index in [-0.39, 0.29) is 36.4 Å². The van der Waals surface area contributed by atoms with Crippen LogP contribution in [0.1, 0.15) is 19.4 Å². The van der Waals surface area contributed by atoms with Gasteiger partial charge < -0.3 is 20.5 Å². The van der Waals surface area contributed by atoms with Crippen LogP contribution in [-0.4, -0.2) is 42.9 Å². The molecule has 0 saturated carbocycles. The number of rotatable bonds is 4. The molecule has 1 aliphatic rings. The van der Waals surface area contributed by atoms with Crippen LogP contribution in [0.4, 0.5) is 8.78 Å². The number of carbonyl (C=O) groups excluding carboxylic acids is 1. The topological polar surface area (TPSA) is 70.6 Å². The minimum atomic E-state index is -1.15. The number of carbonyl (C=O) groups is 1. The fourth-order valence-electron chi connectivity index (χ4n) is 2.37. The van der Waals surface area contributed by atoms with Crippen molar-refractivity contribution >= 4 is 17.5 Å². The summed E-state index contributed by atoms with van der Waals surface area (Å²) in [5.41, 5.74) is -0.747. The molecule has 2 atom stereocenters. The molecule has 5 nitrogen and oxygen atoms in total. The summed E-state index contributed by atoms with van der Waals surface area (Å²) >= 11 is 5.85. The number of hydrogen-bond acceptors (Lipinski definition) is 4. The maximum absolute atomic E-state index is 13.6. The van der Waals surface area contributed by atoms with E-state index in [1.54, 1.807) is 13.8 Å². The molecule has 1 aromatic rings. The van der Waals surface area contributed by atoms with Gasteiger partial charge in [-0.1, -0.05) is 17.7 Å². The number of benzene rings is 1. The van der Waals surface area contributed by atoms with Crippen molar-refractivity contribution in [2.75, 3.05) is 19.8 Å². The normalized spacial score (nSPS) is 22.0. The first-order chi connectivity index (χ1) is 10.8. The van der Waals surface area contributed by atoms with E-state index in [2.05, 4.69) is 10.6 Å². The summed E-state index contributed by atoms with van der Waals surface area (Å²) in [6.07, 6.45) is -0.735. The molecule has 0 radical (unpaired) electrons. The zero-order valence-electron chi connectivity index (χ0n) is 12.8. The number of hydrogen-bond donors (Lipinski definition) is 3. The third kappa shape index (κ3) is 3.98. The van der Waals surface area contributed by atoms with Crippen molar-refractivity contribution in [3.05, 3.63) is 34.4 Å². The third-order valence-electron chi connectivity index (χ3n) is 3.75. The summed E-state index contributed by atoms with van der Waals surface area (Å²) in [5.74, 6) is -2.59. The van der Waals surface area contributed by atoms with E-state index in [1.807, 2.05) is 0 Å². The molecule has 1 fully saturated rings. The predicted octanol–water partition coefficient (Wildman–Crippen LogP) is 1.32. The first-order valence-electron chi connectivity index (χ1n) is 7.18. The lowest BCUT2D eigenvalue weighted by molar-refractivity contribution is -0.137. The maximum atomic E-state index is 13.6. The number of ether oxygens (including phenoxy) is 1. The van der Waals surface area contributed by atoms with Gasteiger partial charge in [0.2, 0.25) is 0 Å². The Kier molecular flexibility index (Phi) is 5.57. The van der Waals surface area contributed by atoms with Gasteiger partial charge in [0, 0.05) is 6.54 Å². The van der Waals surface area contributed by atoms with Crippen LogP contribution in [0.15, 0.2) is 12.1 Å². The van der Waals surface area contributed by atoms with Crippen molar-refractivity contribution in [2.45, 2.75) is 31.5 Å². The van der Waals surface area contributed by atoms with Crippen molar-refractivity contribution in [1.29, 1.82) is 0 Å². The number of amides is 1.